The molecule has 1 aromatic carbocycles. The highest BCUT2D eigenvalue weighted by Crippen LogP contribution is 2.36. The zero-order valence-corrected chi connectivity index (χ0v) is 12.5. The summed E-state index contributed by atoms with van der Waals surface area (Å²) in [4.78, 5) is -0.169. The van der Waals surface area contributed by atoms with Crippen molar-refractivity contribution in [1.82, 2.24) is 0 Å². The zero-order valence-electron chi connectivity index (χ0n) is 11.6. The maximum absolute atomic E-state index is 10.9. The molecule has 0 radical (unpaired) electrons. The van der Waals surface area contributed by atoms with Crippen LogP contribution in [0.2, 0.25) is 0 Å². The summed E-state index contributed by atoms with van der Waals surface area (Å²) >= 11 is 0. The summed E-state index contributed by atoms with van der Waals surface area (Å²) in [6, 6.07) is 6.25. The Labute approximate surface area is 110 Å². The molecule has 0 amide bonds. The van der Waals surface area contributed by atoms with E-state index in [0.717, 1.165) is 12.0 Å². The summed E-state index contributed by atoms with van der Waals surface area (Å²) < 4.78 is 32.6. The smallest absolute Gasteiger partial charge is 0.124 e. The van der Waals surface area contributed by atoms with Gasteiger partial charge in [-0.1, -0.05) is 46.8 Å². The van der Waals surface area contributed by atoms with Gasteiger partial charge in [0.15, 0.2) is 0 Å². The topological polar surface area (TPSA) is 57.2 Å². The molecule has 0 saturated carbocycles. The SMILES string of the molecule is CC(C)(C)CC(C)(C)c1ccc(S(=O)(=O)[O-])cc1. The number of hydrogen-bond donors (Lipinski definition) is 0. The van der Waals surface area contributed by atoms with Crippen LogP contribution in [0.15, 0.2) is 29.2 Å². The van der Waals surface area contributed by atoms with Crippen LogP contribution < -0.4 is 0 Å². The monoisotopic (exact) mass is 269 g/mol. The Hall–Kier alpha value is -0.870. The second-order valence-electron chi connectivity index (χ2n) is 6.60. The van der Waals surface area contributed by atoms with Gasteiger partial charge in [-0.15, -0.1) is 0 Å². The molecular weight excluding hydrogens is 248 g/mol. The van der Waals surface area contributed by atoms with Gasteiger partial charge in [0.05, 0.1) is 4.90 Å². The second-order valence-corrected chi connectivity index (χ2v) is 7.98. The Morgan fingerprint density at radius 3 is 1.78 bits per heavy atom. The molecule has 0 aliphatic heterocycles. The summed E-state index contributed by atoms with van der Waals surface area (Å²) in [5.41, 5.74) is 1.18. The molecule has 0 fully saturated rings. The van der Waals surface area contributed by atoms with Gasteiger partial charge in [0.1, 0.15) is 10.1 Å². The minimum absolute atomic E-state index is 0.0522. The average molecular weight is 269 g/mol. The van der Waals surface area contributed by atoms with E-state index in [-0.39, 0.29) is 15.7 Å². The van der Waals surface area contributed by atoms with Crippen molar-refractivity contribution in [1.29, 1.82) is 0 Å². The van der Waals surface area contributed by atoms with E-state index in [1.807, 2.05) is 0 Å². The normalized spacial score (nSPS) is 13.7. The second kappa shape index (κ2) is 4.67. The summed E-state index contributed by atoms with van der Waals surface area (Å²) in [7, 11) is -4.35. The van der Waals surface area contributed by atoms with Crippen molar-refractivity contribution in [3.63, 3.8) is 0 Å². The van der Waals surface area contributed by atoms with Crippen molar-refractivity contribution < 1.29 is 13.0 Å². The van der Waals surface area contributed by atoms with Crippen LogP contribution in [0, 0.1) is 5.41 Å². The standard InChI is InChI=1S/C14H22O3S/c1-13(2,3)10-14(4,5)11-6-8-12(9-7-11)18(15,16)17/h6-9H,10H2,1-5H3,(H,15,16,17)/p-1. The van der Waals surface area contributed by atoms with Gasteiger partial charge >= 0.3 is 0 Å². The average Bonchev–Trinajstić information content (AvgIpc) is 2.13. The first-order chi connectivity index (χ1) is 7.92. The van der Waals surface area contributed by atoms with Crippen LogP contribution in [0.25, 0.3) is 0 Å². The fourth-order valence-electron chi connectivity index (χ4n) is 2.50. The largest absolute Gasteiger partial charge is 0.744 e. The molecule has 0 saturated heterocycles. The molecule has 0 aliphatic carbocycles. The van der Waals surface area contributed by atoms with Crippen molar-refractivity contribution in [2.75, 3.05) is 0 Å². The molecule has 0 heterocycles. The third-order valence-electron chi connectivity index (χ3n) is 2.90. The van der Waals surface area contributed by atoms with Crippen LogP contribution in [0.1, 0.15) is 46.6 Å². The van der Waals surface area contributed by atoms with Gasteiger partial charge in [0.2, 0.25) is 0 Å². The van der Waals surface area contributed by atoms with E-state index in [9.17, 15) is 13.0 Å². The lowest BCUT2D eigenvalue weighted by molar-refractivity contribution is 0.284. The molecule has 1 aromatic rings. The van der Waals surface area contributed by atoms with Crippen molar-refractivity contribution in [3.05, 3.63) is 29.8 Å². The maximum atomic E-state index is 10.9. The fourth-order valence-corrected chi connectivity index (χ4v) is 2.97. The van der Waals surface area contributed by atoms with Crippen molar-refractivity contribution in [2.24, 2.45) is 5.41 Å². The predicted octanol–water partition coefficient (Wildman–Crippen LogP) is 3.30. The lowest BCUT2D eigenvalue weighted by Gasteiger charge is -2.33. The van der Waals surface area contributed by atoms with E-state index in [0.29, 0.717) is 0 Å². The zero-order chi connectivity index (χ0) is 14.2. The van der Waals surface area contributed by atoms with E-state index < -0.39 is 10.1 Å². The molecule has 0 aliphatic rings. The highest BCUT2D eigenvalue weighted by molar-refractivity contribution is 7.85. The quantitative estimate of drug-likeness (QED) is 0.791. The minimum Gasteiger partial charge on any atom is -0.744 e. The lowest BCUT2D eigenvalue weighted by Crippen LogP contribution is -2.24. The first-order valence-corrected chi connectivity index (χ1v) is 7.39. The Morgan fingerprint density at radius 2 is 1.44 bits per heavy atom. The van der Waals surface area contributed by atoms with E-state index >= 15 is 0 Å². The Balaban J connectivity index is 3.05. The summed E-state index contributed by atoms with van der Waals surface area (Å²) in [5.74, 6) is 0. The first kappa shape index (κ1) is 15.2. The molecule has 102 valence electrons. The molecule has 3 nitrogen and oxygen atoms in total. The Kier molecular flexibility index (Phi) is 3.94. The Morgan fingerprint density at radius 1 is 1.00 bits per heavy atom. The third-order valence-corrected chi connectivity index (χ3v) is 3.75. The molecule has 0 N–H and O–H groups in total. The highest BCUT2D eigenvalue weighted by Gasteiger charge is 2.27. The molecule has 0 unspecified atom stereocenters. The highest BCUT2D eigenvalue weighted by atomic mass is 32.2. The molecule has 0 spiro atoms. The molecule has 0 atom stereocenters. The number of benzene rings is 1. The third kappa shape index (κ3) is 4.10. The van der Waals surface area contributed by atoms with Gasteiger partial charge in [-0.2, -0.15) is 0 Å². The number of hydrogen-bond acceptors (Lipinski definition) is 3. The van der Waals surface area contributed by atoms with Crippen LogP contribution in [0.3, 0.4) is 0 Å². The molecule has 0 aromatic heterocycles. The molecular formula is C14H21O3S-. The van der Waals surface area contributed by atoms with E-state index in [1.165, 1.54) is 12.1 Å². The molecule has 0 bridgehead atoms. The van der Waals surface area contributed by atoms with Gasteiger partial charge in [-0.25, -0.2) is 8.42 Å². The fraction of sp³-hybridized carbons (Fsp3) is 0.571. The van der Waals surface area contributed by atoms with Crippen LogP contribution in [-0.2, 0) is 15.5 Å². The predicted molar refractivity (Wildman–Crippen MR) is 71.5 cm³/mol. The van der Waals surface area contributed by atoms with Gasteiger partial charge < -0.3 is 4.55 Å². The van der Waals surface area contributed by atoms with E-state index in [4.69, 9.17) is 0 Å². The van der Waals surface area contributed by atoms with Crippen LogP contribution in [-0.4, -0.2) is 13.0 Å². The number of rotatable bonds is 3. The van der Waals surface area contributed by atoms with Gasteiger partial charge in [0, 0.05) is 0 Å². The van der Waals surface area contributed by atoms with E-state index in [1.54, 1.807) is 12.1 Å². The first-order valence-electron chi connectivity index (χ1n) is 5.98. The van der Waals surface area contributed by atoms with Gasteiger partial charge in [-0.3, -0.25) is 0 Å². The van der Waals surface area contributed by atoms with Crippen LogP contribution in [0.5, 0.6) is 0 Å². The Bertz CT molecular complexity index is 505. The summed E-state index contributed by atoms with van der Waals surface area (Å²) in [6.45, 7) is 10.8. The van der Waals surface area contributed by atoms with Gasteiger partial charge in [-0.05, 0) is 34.9 Å². The summed E-state index contributed by atoms with van der Waals surface area (Å²) in [6.07, 6.45) is 0.976. The molecule has 18 heavy (non-hydrogen) atoms. The molecule has 1 rings (SSSR count). The van der Waals surface area contributed by atoms with Crippen LogP contribution >= 0.6 is 0 Å². The van der Waals surface area contributed by atoms with Gasteiger partial charge in [0.25, 0.3) is 0 Å². The van der Waals surface area contributed by atoms with Crippen molar-refractivity contribution >= 4 is 10.1 Å². The summed E-state index contributed by atoms with van der Waals surface area (Å²) in [5, 5.41) is 0. The maximum Gasteiger partial charge on any atom is 0.124 e. The van der Waals surface area contributed by atoms with Crippen molar-refractivity contribution in [2.45, 2.75) is 51.3 Å². The van der Waals surface area contributed by atoms with Crippen LogP contribution in [0.4, 0.5) is 0 Å². The molecule has 4 heteroatoms. The lowest BCUT2D eigenvalue weighted by atomic mass is 9.72. The van der Waals surface area contributed by atoms with E-state index in [2.05, 4.69) is 34.6 Å². The van der Waals surface area contributed by atoms with Crippen molar-refractivity contribution in [3.8, 4) is 0 Å². The minimum atomic E-state index is -4.35.